The molecule has 0 aromatic heterocycles. The average Bonchev–Trinajstić information content (AvgIpc) is 2.40. The lowest BCUT2D eigenvalue weighted by Crippen LogP contribution is -2.36. The highest BCUT2D eigenvalue weighted by Gasteiger charge is 2.26. The molecule has 0 unspecified atom stereocenters. The van der Waals surface area contributed by atoms with E-state index in [0.717, 1.165) is 12.8 Å². The molecule has 1 rings (SSSR count). The summed E-state index contributed by atoms with van der Waals surface area (Å²) >= 11 is 5.87. The summed E-state index contributed by atoms with van der Waals surface area (Å²) in [5, 5.41) is 9.52. The predicted octanol–water partition coefficient (Wildman–Crippen LogP) is 2.64. The molecule has 0 aliphatic carbocycles. The van der Waals surface area contributed by atoms with Crippen LogP contribution in [0, 0.1) is 0 Å². The van der Waals surface area contributed by atoms with E-state index in [1.807, 2.05) is 13.8 Å². The molecule has 0 saturated heterocycles. The van der Waals surface area contributed by atoms with Gasteiger partial charge in [0.1, 0.15) is 0 Å². The molecule has 4 nitrogen and oxygen atoms in total. The van der Waals surface area contributed by atoms with Gasteiger partial charge in [0.15, 0.2) is 0 Å². The van der Waals surface area contributed by atoms with Gasteiger partial charge in [0.05, 0.1) is 11.5 Å². The molecule has 0 heterocycles. The number of nitrogens with zero attached hydrogens (tertiary/aromatic N) is 1. The van der Waals surface area contributed by atoms with Crippen LogP contribution in [0.3, 0.4) is 0 Å². The number of hydrogen-bond donors (Lipinski definition) is 1. The third kappa shape index (κ3) is 3.48. The summed E-state index contributed by atoms with van der Waals surface area (Å²) in [5.74, 6) is 0. The first-order valence-corrected chi connectivity index (χ1v) is 8.07. The molecule has 0 radical (unpaired) electrons. The topological polar surface area (TPSA) is 57.6 Å². The zero-order valence-electron chi connectivity index (χ0n) is 11.4. The average molecular weight is 306 g/mol. The van der Waals surface area contributed by atoms with Crippen molar-refractivity contribution in [3.63, 3.8) is 0 Å². The van der Waals surface area contributed by atoms with Crippen molar-refractivity contribution in [3.05, 3.63) is 28.8 Å². The zero-order valence-corrected chi connectivity index (χ0v) is 13.0. The molecule has 0 fully saturated rings. The van der Waals surface area contributed by atoms with Crippen LogP contribution in [-0.4, -0.2) is 30.9 Å². The number of halogens is 1. The molecule has 0 atom stereocenters. The molecule has 0 aliphatic heterocycles. The van der Waals surface area contributed by atoms with Gasteiger partial charge in [-0.2, -0.15) is 4.31 Å². The van der Waals surface area contributed by atoms with Gasteiger partial charge in [-0.25, -0.2) is 8.42 Å². The molecule has 108 valence electrons. The lowest BCUT2D eigenvalue weighted by molar-refractivity contribution is 0.281. The lowest BCUT2D eigenvalue weighted by atomic mass is 10.2. The summed E-state index contributed by atoms with van der Waals surface area (Å²) in [7, 11) is -1.96. The normalized spacial score (nSPS) is 12.4. The Balaban J connectivity index is 3.20. The summed E-state index contributed by atoms with van der Waals surface area (Å²) in [4.78, 5) is 0.162. The van der Waals surface area contributed by atoms with Crippen molar-refractivity contribution in [1.82, 2.24) is 4.31 Å². The van der Waals surface area contributed by atoms with E-state index in [1.165, 1.54) is 22.5 Å². The van der Waals surface area contributed by atoms with Gasteiger partial charge in [-0.3, -0.25) is 0 Å². The van der Waals surface area contributed by atoms with Gasteiger partial charge in [-0.05, 0) is 36.6 Å². The molecule has 0 spiro atoms. The quantitative estimate of drug-likeness (QED) is 0.879. The molecular formula is C13H20ClNO3S. The third-order valence-corrected chi connectivity index (χ3v) is 5.60. The van der Waals surface area contributed by atoms with Gasteiger partial charge >= 0.3 is 0 Å². The van der Waals surface area contributed by atoms with Crippen LogP contribution in [0.25, 0.3) is 0 Å². The number of hydrogen-bond acceptors (Lipinski definition) is 3. The number of benzene rings is 1. The van der Waals surface area contributed by atoms with E-state index in [4.69, 9.17) is 16.7 Å². The highest BCUT2D eigenvalue weighted by Crippen LogP contribution is 2.24. The summed E-state index contributed by atoms with van der Waals surface area (Å²) in [6.45, 7) is 3.64. The minimum atomic E-state index is -3.55. The van der Waals surface area contributed by atoms with Gasteiger partial charge in [-0.15, -0.1) is 0 Å². The molecular weight excluding hydrogens is 286 g/mol. The Labute approximate surface area is 120 Å². The first kappa shape index (κ1) is 16.4. The van der Waals surface area contributed by atoms with Gasteiger partial charge in [0.25, 0.3) is 0 Å². The molecule has 0 bridgehead atoms. The van der Waals surface area contributed by atoms with E-state index >= 15 is 0 Å². The Morgan fingerprint density at radius 1 is 1.32 bits per heavy atom. The van der Waals surface area contributed by atoms with Crippen LogP contribution in [0.15, 0.2) is 23.1 Å². The summed E-state index contributed by atoms with van der Waals surface area (Å²) < 4.78 is 26.3. The minimum absolute atomic E-state index is 0.0294. The van der Waals surface area contributed by atoms with Crippen molar-refractivity contribution in [2.45, 2.75) is 44.2 Å². The molecule has 0 amide bonds. The van der Waals surface area contributed by atoms with E-state index < -0.39 is 10.0 Å². The van der Waals surface area contributed by atoms with Crippen LogP contribution in [0.1, 0.15) is 32.3 Å². The van der Waals surface area contributed by atoms with Crippen molar-refractivity contribution in [1.29, 1.82) is 0 Å². The maximum Gasteiger partial charge on any atom is 0.243 e. The highest BCUT2D eigenvalue weighted by molar-refractivity contribution is 7.89. The van der Waals surface area contributed by atoms with Gasteiger partial charge in [-0.1, -0.05) is 25.4 Å². The van der Waals surface area contributed by atoms with E-state index in [1.54, 1.807) is 7.05 Å². The standard InChI is InChI=1S/C13H20ClNO3S/c1-4-11(5-2)15(3)19(17,18)12-6-7-13(14)10(8-12)9-16/h6-8,11,16H,4-5,9H2,1-3H3. The Kier molecular flexibility index (Phi) is 5.80. The lowest BCUT2D eigenvalue weighted by Gasteiger charge is -2.25. The van der Waals surface area contributed by atoms with Crippen molar-refractivity contribution < 1.29 is 13.5 Å². The molecule has 1 N–H and O–H groups in total. The van der Waals surface area contributed by atoms with Crippen LogP contribution in [0.2, 0.25) is 5.02 Å². The van der Waals surface area contributed by atoms with Gasteiger partial charge < -0.3 is 5.11 Å². The van der Waals surface area contributed by atoms with Crippen LogP contribution in [-0.2, 0) is 16.6 Å². The number of aliphatic hydroxyl groups is 1. The molecule has 1 aromatic rings. The smallest absolute Gasteiger partial charge is 0.243 e. The second-order valence-corrected chi connectivity index (χ2v) is 6.81. The van der Waals surface area contributed by atoms with Crippen molar-refractivity contribution in [3.8, 4) is 0 Å². The molecule has 6 heteroatoms. The Morgan fingerprint density at radius 2 is 1.89 bits per heavy atom. The molecule has 1 aromatic carbocycles. The number of rotatable bonds is 6. The molecule has 19 heavy (non-hydrogen) atoms. The van der Waals surface area contributed by atoms with Crippen molar-refractivity contribution in [2.24, 2.45) is 0 Å². The fourth-order valence-corrected chi connectivity index (χ4v) is 3.73. The largest absolute Gasteiger partial charge is 0.392 e. The predicted molar refractivity (Wildman–Crippen MR) is 76.7 cm³/mol. The van der Waals surface area contributed by atoms with E-state index in [9.17, 15) is 8.42 Å². The maximum atomic E-state index is 12.5. The van der Waals surface area contributed by atoms with E-state index in [2.05, 4.69) is 0 Å². The third-order valence-electron chi connectivity index (χ3n) is 3.32. The minimum Gasteiger partial charge on any atom is -0.392 e. The second kappa shape index (κ2) is 6.70. The summed E-state index contributed by atoms with van der Waals surface area (Å²) in [6.07, 6.45) is 1.51. The molecule has 0 saturated carbocycles. The first-order valence-electron chi connectivity index (χ1n) is 6.25. The van der Waals surface area contributed by atoms with E-state index in [-0.39, 0.29) is 17.5 Å². The maximum absolute atomic E-state index is 12.5. The Morgan fingerprint density at radius 3 is 2.37 bits per heavy atom. The Hall–Kier alpha value is -0.620. The van der Waals surface area contributed by atoms with Gasteiger partial charge in [0, 0.05) is 18.1 Å². The van der Waals surface area contributed by atoms with Gasteiger partial charge in [0.2, 0.25) is 10.0 Å². The SMILES string of the molecule is CCC(CC)N(C)S(=O)(=O)c1ccc(Cl)c(CO)c1. The van der Waals surface area contributed by atoms with Crippen LogP contribution < -0.4 is 0 Å². The Bertz CT molecular complexity index is 527. The zero-order chi connectivity index (χ0) is 14.6. The highest BCUT2D eigenvalue weighted by atomic mass is 35.5. The number of aliphatic hydroxyl groups excluding tert-OH is 1. The summed E-state index contributed by atoms with van der Waals surface area (Å²) in [6, 6.07) is 4.37. The first-order chi connectivity index (χ1) is 8.88. The second-order valence-electron chi connectivity index (χ2n) is 4.40. The monoisotopic (exact) mass is 305 g/mol. The molecule has 0 aliphatic rings. The fraction of sp³-hybridized carbons (Fsp3) is 0.538. The van der Waals surface area contributed by atoms with Crippen LogP contribution >= 0.6 is 11.6 Å². The van der Waals surface area contributed by atoms with Crippen LogP contribution in [0.4, 0.5) is 0 Å². The number of sulfonamides is 1. The fourth-order valence-electron chi connectivity index (χ4n) is 2.00. The van der Waals surface area contributed by atoms with Crippen molar-refractivity contribution >= 4 is 21.6 Å². The van der Waals surface area contributed by atoms with E-state index in [0.29, 0.717) is 10.6 Å². The summed E-state index contributed by atoms with van der Waals surface area (Å²) in [5.41, 5.74) is 0.417. The van der Waals surface area contributed by atoms with Crippen LogP contribution in [0.5, 0.6) is 0 Å². The van der Waals surface area contributed by atoms with Crippen molar-refractivity contribution in [2.75, 3.05) is 7.05 Å².